The topological polar surface area (TPSA) is 16.1 Å². The van der Waals surface area contributed by atoms with Crippen LogP contribution in [0.1, 0.15) is 63.6 Å². The second-order valence-corrected chi connectivity index (χ2v) is 6.51. The summed E-state index contributed by atoms with van der Waals surface area (Å²) in [6.45, 7) is 8.96. The molecule has 1 unspecified atom stereocenters. The largest absolute Gasteiger partial charge is 0.357 e. The number of rotatable bonds is 4. The normalized spacial score (nSPS) is 20.2. The molecule has 0 amide bonds. The molecule has 20 heavy (non-hydrogen) atoms. The molecule has 1 fully saturated rings. The van der Waals surface area contributed by atoms with Gasteiger partial charge in [0.1, 0.15) is 5.82 Å². The molecule has 2 rings (SSSR count). The lowest BCUT2D eigenvalue weighted by atomic mass is 9.98. The smallest absolute Gasteiger partial charge is 0.129 e. The first-order valence-corrected chi connectivity index (χ1v) is 8.49. The maximum absolute atomic E-state index is 6.05. The Morgan fingerprint density at radius 1 is 1.30 bits per heavy atom. The molecule has 1 saturated heterocycles. The minimum absolute atomic E-state index is 0.451. The zero-order valence-corrected chi connectivity index (χ0v) is 13.8. The summed E-state index contributed by atoms with van der Waals surface area (Å²) in [4.78, 5) is 7.32. The van der Waals surface area contributed by atoms with Crippen molar-refractivity contribution in [2.45, 2.75) is 58.3 Å². The van der Waals surface area contributed by atoms with Crippen LogP contribution in [0.3, 0.4) is 0 Å². The summed E-state index contributed by atoms with van der Waals surface area (Å²) in [7, 11) is 0. The first kappa shape index (κ1) is 15.6. The number of alkyl halides is 1. The monoisotopic (exact) mass is 294 g/mol. The number of anilines is 1. The van der Waals surface area contributed by atoms with Gasteiger partial charge in [-0.25, -0.2) is 4.98 Å². The number of halogens is 1. The van der Waals surface area contributed by atoms with E-state index in [1.54, 1.807) is 0 Å². The maximum Gasteiger partial charge on any atom is 0.129 e. The van der Waals surface area contributed by atoms with E-state index in [9.17, 15) is 0 Å². The Kier molecular flexibility index (Phi) is 5.71. The van der Waals surface area contributed by atoms with Gasteiger partial charge in [0.2, 0.25) is 0 Å². The van der Waals surface area contributed by atoms with Gasteiger partial charge in [0.05, 0.1) is 0 Å². The molecule has 0 radical (unpaired) electrons. The van der Waals surface area contributed by atoms with E-state index < -0.39 is 0 Å². The fraction of sp³-hybridized carbons (Fsp3) is 0.706. The Morgan fingerprint density at radius 2 is 2.10 bits per heavy atom. The standard InChI is InChI=1S/C17H27ClN2/c1-4-14-6-5-8-20(9-7-14)17-11-15(12-18)10-16(19-17)13(2)3/h10-11,13-14H,4-9,12H2,1-3H3. The van der Waals surface area contributed by atoms with Crippen molar-refractivity contribution in [1.29, 1.82) is 0 Å². The quantitative estimate of drug-likeness (QED) is 0.730. The highest BCUT2D eigenvalue weighted by Gasteiger charge is 2.18. The summed E-state index contributed by atoms with van der Waals surface area (Å²) < 4.78 is 0. The molecule has 0 aliphatic carbocycles. The molecule has 2 heterocycles. The van der Waals surface area contributed by atoms with Crippen LogP contribution in [0.2, 0.25) is 0 Å². The van der Waals surface area contributed by atoms with Gasteiger partial charge in [-0.2, -0.15) is 0 Å². The Labute approximate surface area is 128 Å². The van der Waals surface area contributed by atoms with Gasteiger partial charge in [0.15, 0.2) is 0 Å². The lowest BCUT2D eigenvalue weighted by Crippen LogP contribution is -2.25. The van der Waals surface area contributed by atoms with Crippen LogP contribution >= 0.6 is 11.6 Å². The van der Waals surface area contributed by atoms with E-state index in [4.69, 9.17) is 16.6 Å². The van der Waals surface area contributed by atoms with E-state index in [1.807, 2.05) is 0 Å². The zero-order valence-electron chi connectivity index (χ0n) is 13.0. The molecule has 1 aliphatic heterocycles. The number of aromatic nitrogens is 1. The molecule has 0 saturated carbocycles. The first-order chi connectivity index (χ1) is 9.63. The molecular formula is C17H27ClN2. The second kappa shape index (κ2) is 7.31. The van der Waals surface area contributed by atoms with Crippen molar-refractivity contribution in [3.8, 4) is 0 Å². The van der Waals surface area contributed by atoms with Gasteiger partial charge in [0, 0.05) is 24.7 Å². The van der Waals surface area contributed by atoms with Gasteiger partial charge in [-0.15, -0.1) is 11.6 Å². The molecule has 0 bridgehead atoms. The van der Waals surface area contributed by atoms with Crippen LogP contribution < -0.4 is 4.90 Å². The maximum atomic E-state index is 6.05. The molecule has 112 valence electrons. The van der Waals surface area contributed by atoms with Crippen molar-refractivity contribution in [1.82, 2.24) is 4.98 Å². The van der Waals surface area contributed by atoms with Crippen LogP contribution in [0.15, 0.2) is 12.1 Å². The van der Waals surface area contributed by atoms with Crippen LogP contribution in [0.5, 0.6) is 0 Å². The first-order valence-electron chi connectivity index (χ1n) is 7.95. The molecule has 0 N–H and O–H groups in total. The summed E-state index contributed by atoms with van der Waals surface area (Å²) in [5.41, 5.74) is 2.35. The summed E-state index contributed by atoms with van der Waals surface area (Å²) in [6, 6.07) is 4.32. The van der Waals surface area contributed by atoms with Crippen molar-refractivity contribution in [3.63, 3.8) is 0 Å². The molecule has 1 aliphatic rings. The highest BCUT2D eigenvalue weighted by Crippen LogP contribution is 2.26. The molecule has 3 heteroatoms. The minimum atomic E-state index is 0.451. The molecule has 1 atom stereocenters. The van der Waals surface area contributed by atoms with Crippen molar-refractivity contribution >= 4 is 17.4 Å². The van der Waals surface area contributed by atoms with Crippen LogP contribution in [0.25, 0.3) is 0 Å². The van der Waals surface area contributed by atoms with E-state index in [0.717, 1.165) is 30.5 Å². The van der Waals surface area contributed by atoms with Crippen LogP contribution in [0, 0.1) is 5.92 Å². The van der Waals surface area contributed by atoms with Gasteiger partial charge in [-0.1, -0.05) is 27.2 Å². The molecular weight excluding hydrogens is 268 g/mol. The third-order valence-electron chi connectivity index (χ3n) is 4.39. The van der Waals surface area contributed by atoms with E-state index in [1.165, 1.54) is 31.2 Å². The number of hydrogen-bond donors (Lipinski definition) is 0. The third-order valence-corrected chi connectivity index (χ3v) is 4.69. The Hall–Kier alpha value is -0.760. The van der Waals surface area contributed by atoms with E-state index in [2.05, 4.69) is 37.8 Å². The summed E-state index contributed by atoms with van der Waals surface area (Å²) in [6.07, 6.45) is 5.24. The fourth-order valence-electron chi connectivity index (χ4n) is 2.93. The van der Waals surface area contributed by atoms with Crippen LogP contribution in [0.4, 0.5) is 5.82 Å². The Balaban J connectivity index is 2.20. The highest BCUT2D eigenvalue weighted by atomic mass is 35.5. The van der Waals surface area contributed by atoms with E-state index in [-0.39, 0.29) is 0 Å². The van der Waals surface area contributed by atoms with Crippen molar-refractivity contribution in [2.75, 3.05) is 18.0 Å². The summed E-state index contributed by atoms with van der Waals surface area (Å²) in [5, 5.41) is 0. The van der Waals surface area contributed by atoms with Crippen LogP contribution in [-0.4, -0.2) is 18.1 Å². The average Bonchev–Trinajstić information content (AvgIpc) is 2.72. The number of pyridine rings is 1. The molecule has 0 aromatic carbocycles. The van der Waals surface area contributed by atoms with Crippen LogP contribution in [-0.2, 0) is 5.88 Å². The van der Waals surface area contributed by atoms with E-state index in [0.29, 0.717) is 11.8 Å². The van der Waals surface area contributed by atoms with Crippen molar-refractivity contribution < 1.29 is 0 Å². The van der Waals surface area contributed by atoms with Gasteiger partial charge >= 0.3 is 0 Å². The SMILES string of the molecule is CCC1CCCN(c2cc(CCl)cc(C(C)C)n2)CC1. The fourth-order valence-corrected chi connectivity index (χ4v) is 3.09. The lowest BCUT2D eigenvalue weighted by Gasteiger charge is -2.23. The zero-order chi connectivity index (χ0) is 14.5. The molecule has 1 aromatic heterocycles. The molecule has 1 aromatic rings. The minimum Gasteiger partial charge on any atom is -0.357 e. The summed E-state index contributed by atoms with van der Waals surface area (Å²) in [5.74, 6) is 3.04. The lowest BCUT2D eigenvalue weighted by molar-refractivity contribution is 0.459. The van der Waals surface area contributed by atoms with E-state index >= 15 is 0 Å². The summed E-state index contributed by atoms with van der Waals surface area (Å²) >= 11 is 6.05. The predicted molar refractivity (Wildman–Crippen MR) is 87.7 cm³/mol. The second-order valence-electron chi connectivity index (χ2n) is 6.24. The highest BCUT2D eigenvalue weighted by molar-refractivity contribution is 6.17. The predicted octanol–water partition coefficient (Wildman–Crippen LogP) is 4.96. The Morgan fingerprint density at radius 3 is 2.75 bits per heavy atom. The van der Waals surface area contributed by atoms with Gasteiger partial charge in [-0.05, 0) is 48.8 Å². The molecule has 0 spiro atoms. The Bertz CT molecular complexity index is 431. The molecule has 2 nitrogen and oxygen atoms in total. The van der Waals surface area contributed by atoms with Gasteiger partial charge < -0.3 is 4.90 Å². The number of hydrogen-bond acceptors (Lipinski definition) is 2. The number of nitrogens with zero attached hydrogens (tertiary/aromatic N) is 2. The third kappa shape index (κ3) is 3.88. The van der Waals surface area contributed by atoms with Gasteiger partial charge in [-0.3, -0.25) is 0 Å². The van der Waals surface area contributed by atoms with Crippen molar-refractivity contribution in [2.24, 2.45) is 5.92 Å². The van der Waals surface area contributed by atoms with Gasteiger partial charge in [0.25, 0.3) is 0 Å². The van der Waals surface area contributed by atoms with Crippen molar-refractivity contribution in [3.05, 3.63) is 23.4 Å². The average molecular weight is 295 g/mol.